The van der Waals surface area contributed by atoms with Crippen LogP contribution in [0.25, 0.3) is 0 Å². The number of hydrogen-bond acceptors (Lipinski definition) is 6. The quantitative estimate of drug-likeness (QED) is 0.424. The molecule has 27 heavy (non-hydrogen) atoms. The number of carbonyl (C=O) groups is 3. The van der Waals surface area contributed by atoms with Gasteiger partial charge in [0, 0.05) is 10.7 Å². The van der Waals surface area contributed by atoms with E-state index in [0.717, 1.165) is 0 Å². The zero-order chi connectivity index (χ0) is 20.3. The van der Waals surface area contributed by atoms with Gasteiger partial charge in [-0.1, -0.05) is 23.2 Å². The van der Waals surface area contributed by atoms with Gasteiger partial charge in [-0.25, -0.2) is 9.59 Å². The van der Waals surface area contributed by atoms with E-state index in [1.807, 2.05) is 0 Å². The Morgan fingerprint density at radius 3 is 2.41 bits per heavy atom. The summed E-state index contributed by atoms with van der Waals surface area (Å²) in [4.78, 5) is 39.5. The second-order valence-electron chi connectivity index (χ2n) is 5.69. The van der Waals surface area contributed by atoms with Crippen molar-refractivity contribution in [2.75, 3.05) is 18.9 Å². The van der Waals surface area contributed by atoms with Gasteiger partial charge in [-0.3, -0.25) is 4.79 Å². The minimum absolute atomic E-state index is 0.00927. The van der Waals surface area contributed by atoms with Crippen LogP contribution >= 0.6 is 23.2 Å². The van der Waals surface area contributed by atoms with Crippen molar-refractivity contribution in [2.24, 2.45) is 0 Å². The summed E-state index contributed by atoms with van der Waals surface area (Å²) in [6.07, 6.45) is 0. The number of aryl methyl sites for hydroxylation is 1. The topological polar surface area (TPSA) is 111 Å². The summed E-state index contributed by atoms with van der Waals surface area (Å²) < 4.78 is 10.0. The van der Waals surface area contributed by atoms with Crippen LogP contribution in [0.2, 0.25) is 10.0 Å². The summed E-state index contributed by atoms with van der Waals surface area (Å²) in [5.41, 5.74) is 7.10. The van der Waals surface area contributed by atoms with Crippen LogP contribution in [0.4, 0.5) is 5.69 Å². The molecular formula is C18H18Cl2N2O5. The smallest absolute Gasteiger partial charge is 0.340 e. The number of carbonyl (C=O) groups excluding carboxylic acids is 3. The normalized spacial score (nSPS) is 10.6. The largest absolute Gasteiger partial charge is 0.462 e. The van der Waals surface area contributed by atoms with Gasteiger partial charge in [0.2, 0.25) is 5.78 Å². The molecule has 0 fully saturated rings. The number of H-pyrrole nitrogens is 1. The monoisotopic (exact) mass is 412 g/mol. The van der Waals surface area contributed by atoms with Crippen molar-refractivity contribution < 1.29 is 23.9 Å². The van der Waals surface area contributed by atoms with E-state index in [1.54, 1.807) is 20.8 Å². The van der Waals surface area contributed by atoms with Gasteiger partial charge in [0.15, 0.2) is 6.61 Å². The number of rotatable bonds is 6. The standard InChI is InChI=1S/C18H18Cl2N2O5/c1-4-26-18(25)14-8(2)16(22-9(14)3)13(23)7-27-17(24)11-5-10(19)6-12(20)15(11)21/h5-6,22H,4,7,21H2,1-3H3. The predicted octanol–water partition coefficient (Wildman–Crippen LogP) is 3.74. The lowest BCUT2D eigenvalue weighted by Gasteiger charge is -2.08. The molecule has 1 aromatic carbocycles. The number of halogens is 2. The molecule has 2 aromatic rings. The molecule has 2 rings (SSSR count). The number of nitrogens with one attached hydrogen (secondary N) is 1. The van der Waals surface area contributed by atoms with E-state index < -0.39 is 24.3 Å². The van der Waals surface area contributed by atoms with Gasteiger partial charge in [0.1, 0.15) is 0 Å². The summed E-state index contributed by atoms with van der Waals surface area (Å²) in [5.74, 6) is -1.87. The Bertz CT molecular complexity index is 921. The van der Waals surface area contributed by atoms with Crippen LogP contribution in [0.15, 0.2) is 12.1 Å². The number of Topliss-reactive ketones (excluding diaryl/α,β-unsaturated/α-hetero) is 1. The molecule has 1 aromatic heterocycles. The van der Waals surface area contributed by atoms with Crippen molar-refractivity contribution in [2.45, 2.75) is 20.8 Å². The fourth-order valence-electron chi connectivity index (χ4n) is 2.57. The number of ether oxygens (including phenoxy) is 2. The highest BCUT2D eigenvalue weighted by Crippen LogP contribution is 2.28. The van der Waals surface area contributed by atoms with Crippen LogP contribution in [0.1, 0.15) is 49.4 Å². The average Bonchev–Trinajstić information content (AvgIpc) is 2.90. The lowest BCUT2D eigenvalue weighted by Crippen LogP contribution is -2.16. The number of nitrogen functional groups attached to an aromatic ring is 1. The van der Waals surface area contributed by atoms with Crippen molar-refractivity contribution in [3.8, 4) is 0 Å². The number of aromatic amines is 1. The van der Waals surface area contributed by atoms with E-state index >= 15 is 0 Å². The van der Waals surface area contributed by atoms with Crippen LogP contribution in [-0.4, -0.2) is 35.9 Å². The summed E-state index contributed by atoms with van der Waals surface area (Å²) in [5, 5.41) is 0.318. The second-order valence-corrected chi connectivity index (χ2v) is 6.54. The highest BCUT2D eigenvalue weighted by molar-refractivity contribution is 6.37. The molecule has 0 spiro atoms. The molecule has 0 bridgehead atoms. The summed E-state index contributed by atoms with van der Waals surface area (Å²) in [7, 11) is 0. The van der Waals surface area contributed by atoms with Crippen molar-refractivity contribution >= 4 is 46.6 Å². The Morgan fingerprint density at radius 1 is 1.11 bits per heavy atom. The van der Waals surface area contributed by atoms with Gasteiger partial charge < -0.3 is 20.2 Å². The Balaban J connectivity index is 2.16. The lowest BCUT2D eigenvalue weighted by molar-refractivity contribution is 0.0473. The summed E-state index contributed by atoms with van der Waals surface area (Å²) >= 11 is 11.7. The van der Waals surface area contributed by atoms with Gasteiger partial charge in [-0.15, -0.1) is 0 Å². The third-order valence-corrected chi connectivity index (χ3v) is 4.38. The van der Waals surface area contributed by atoms with Gasteiger partial charge in [0.05, 0.1) is 34.1 Å². The first kappa shape index (κ1) is 20.8. The number of anilines is 1. The molecule has 0 aliphatic rings. The first-order valence-electron chi connectivity index (χ1n) is 7.98. The van der Waals surface area contributed by atoms with Crippen LogP contribution < -0.4 is 5.73 Å². The maximum absolute atomic E-state index is 12.4. The molecule has 0 aliphatic carbocycles. The minimum Gasteiger partial charge on any atom is -0.462 e. The van der Waals surface area contributed by atoms with Crippen molar-refractivity contribution in [1.29, 1.82) is 0 Å². The molecule has 0 saturated heterocycles. The molecule has 0 amide bonds. The highest BCUT2D eigenvalue weighted by Gasteiger charge is 2.24. The number of aromatic nitrogens is 1. The number of nitrogens with two attached hydrogens (primary N) is 1. The molecule has 0 radical (unpaired) electrons. The Morgan fingerprint density at radius 2 is 1.78 bits per heavy atom. The van der Waals surface area contributed by atoms with Crippen LogP contribution in [0.5, 0.6) is 0 Å². The number of esters is 2. The number of ketones is 1. The second kappa shape index (κ2) is 8.45. The SMILES string of the molecule is CCOC(=O)c1c(C)[nH]c(C(=O)COC(=O)c2cc(Cl)cc(Cl)c2N)c1C. The van der Waals surface area contributed by atoms with Gasteiger partial charge in [-0.2, -0.15) is 0 Å². The minimum atomic E-state index is -0.836. The number of hydrogen-bond donors (Lipinski definition) is 2. The van der Waals surface area contributed by atoms with E-state index in [0.29, 0.717) is 11.3 Å². The Kier molecular flexibility index (Phi) is 6.51. The molecule has 7 nitrogen and oxygen atoms in total. The lowest BCUT2D eigenvalue weighted by atomic mass is 10.1. The molecule has 3 N–H and O–H groups in total. The van der Waals surface area contributed by atoms with Crippen LogP contribution in [-0.2, 0) is 9.47 Å². The third kappa shape index (κ3) is 4.43. The van der Waals surface area contributed by atoms with E-state index in [1.165, 1.54) is 12.1 Å². The Hall–Kier alpha value is -2.51. The molecule has 0 aliphatic heterocycles. The van der Waals surface area contributed by atoms with E-state index in [4.69, 9.17) is 38.4 Å². The maximum Gasteiger partial charge on any atom is 0.340 e. The molecular weight excluding hydrogens is 395 g/mol. The first-order valence-corrected chi connectivity index (χ1v) is 8.74. The van der Waals surface area contributed by atoms with Gasteiger partial charge in [0.25, 0.3) is 0 Å². The zero-order valence-corrected chi connectivity index (χ0v) is 16.5. The van der Waals surface area contributed by atoms with Crippen molar-refractivity contribution in [3.63, 3.8) is 0 Å². The van der Waals surface area contributed by atoms with Crippen molar-refractivity contribution in [3.05, 3.63) is 50.3 Å². The fraction of sp³-hybridized carbons (Fsp3) is 0.278. The summed E-state index contributed by atoms with van der Waals surface area (Å²) in [6, 6.07) is 2.70. The van der Waals surface area contributed by atoms with E-state index in [9.17, 15) is 14.4 Å². The zero-order valence-electron chi connectivity index (χ0n) is 14.9. The molecule has 0 saturated carbocycles. The highest BCUT2D eigenvalue weighted by atomic mass is 35.5. The number of benzene rings is 1. The first-order chi connectivity index (χ1) is 12.7. The molecule has 0 atom stereocenters. The van der Waals surface area contributed by atoms with Gasteiger partial charge >= 0.3 is 11.9 Å². The maximum atomic E-state index is 12.4. The fourth-order valence-corrected chi connectivity index (χ4v) is 3.07. The average molecular weight is 413 g/mol. The molecule has 1 heterocycles. The molecule has 9 heteroatoms. The Labute approximate surface area is 165 Å². The summed E-state index contributed by atoms with van der Waals surface area (Å²) in [6.45, 7) is 4.61. The van der Waals surface area contributed by atoms with Crippen LogP contribution in [0.3, 0.4) is 0 Å². The van der Waals surface area contributed by atoms with E-state index in [-0.39, 0.29) is 39.2 Å². The van der Waals surface area contributed by atoms with Crippen molar-refractivity contribution in [1.82, 2.24) is 4.98 Å². The van der Waals surface area contributed by atoms with E-state index in [2.05, 4.69) is 4.98 Å². The predicted molar refractivity (Wildman–Crippen MR) is 102 cm³/mol. The van der Waals surface area contributed by atoms with Gasteiger partial charge in [-0.05, 0) is 38.5 Å². The third-order valence-electron chi connectivity index (χ3n) is 3.84. The molecule has 0 unspecified atom stereocenters. The van der Waals surface area contributed by atoms with Crippen LogP contribution in [0, 0.1) is 13.8 Å². The molecule has 144 valence electrons.